The molecule has 0 spiro atoms. The second kappa shape index (κ2) is 6.32. The van der Waals surface area contributed by atoms with Crippen LogP contribution in [0.4, 0.5) is 4.39 Å². The van der Waals surface area contributed by atoms with Gasteiger partial charge < -0.3 is 5.32 Å². The van der Waals surface area contributed by atoms with E-state index in [4.69, 9.17) is 11.6 Å². The zero-order valence-electron chi connectivity index (χ0n) is 12.7. The molecule has 1 N–H and O–H groups in total. The molecule has 0 radical (unpaired) electrons. The van der Waals surface area contributed by atoms with E-state index in [9.17, 15) is 9.18 Å². The van der Waals surface area contributed by atoms with Gasteiger partial charge in [-0.3, -0.25) is 9.69 Å². The molecule has 0 bridgehead atoms. The van der Waals surface area contributed by atoms with Crippen molar-refractivity contribution < 1.29 is 9.18 Å². The van der Waals surface area contributed by atoms with Crippen LogP contribution in [0.25, 0.3) is 0 Å². The summed E-state index contributed by atoms with van der Waals surface area (Å²) in [5, 5.41) is 2.91. The normalized spacial score (nSPS) is 19.8. The van der Waals surface area contributed by atoms with E-state index in [0.717, 1.165) is 19.4 Å². The highest BCUT2D eigenvalue weighted by Crippen LogP contribution is 2.26. The summed E-state index contributed by atoms with van der Waals surface area (Å²) in [7, 11) is 0. The number of hydrogen-bond donors (Lipinski definition) is 1. The quantitative estimate of drug-likeness (QED) is 0.928. The van der Waals surface area contributed by atoms with Gasteiger partial charge in [0.2, 0.25) is 5.91 Å². The van der Waals surface area contributed by atoms with Gasteiger partial charge in [-0.05, 0) is 46.2 Å². The van der Waals surface area contributed by atoms with Crippen LogP contribution in [0.3, 0.4) is 0 Å². The summed E-state index contributed by atoms with van der Waals surface area (Å²) >= 11 is 5.74. The molecule has 116 valence electrons. The summed E-state index contributed by atoms with van der Waals surface area (Å²) in [5.41, 5.74) is 0.371. The molecule has 1 heterocycles. The maximum Gasteiger partial charge on any atom is 0.237 e. The van der Waals surface area contributed by atoms with Crippen molar-refractivity contribution in [3.63, 3.8) is 0 Å². The van der Waals surface area contributed by atoms with E-state index in [2.05, 4.69) is 31.0 Å². The number of nitrogens with one attached hydrogen (secondary N) is 1. The van der Waals surface area contributed by atoms with Gasteiger partial charge in [-0.15, -0.1) is 0 Å². The van der Waals surface area contributed by atoms with Gasteiger partial charge in [0, 0.05) is 17.6 Å². The first-order valence-electron chi connectivity index (χ1n) is 7.28. The number of carbonyl (C=O) groups excluding carboxylic acids is 1. The Labute approximate surface area is 130 Å². The van der Waals surface area contributed by atoms with Crippen LogP contribution < -0.4 is 5.32 Å². The summed E-state index contributed by atoms with van der Waals surface area (Å²) in [6.45, 7) is 7.41. The molecular weight excluding hydrogens is 291 g/mol. The van der Waals surface area contributed by atoms with E-state index < -0.39 is 5.82 Å². The number of benzene rings is 1. The van der Waals surface area contributed by atoms with Crippen LogP contribution in [0.2, 0.25) is 5.02 Å². The lowest BCUT2D eigenvalue weighted by Crippen LogP contribution is -2.51. The van der Waals surface area contributed by atoms with Crippen LogP contribution in [0.5, 0.6) is 0 Å². The molecule has 21 heavy (non-hydrogen) atoms. The van der Waals surface area contributed by atoms with Gasteiger partial charge in [-0.2, -0.15) is 0 Å². The topological polar surface area (TPSA) is 32.3 Å². The summed E-state index contributed by atoms with van der Waals surface area (Å²) in [6, 6.07) is 4.69. The second-order valence-corrected chi connectivity index (χ2v) is 6.86. The zero-order chi connectivity index (χ0) is 15.6. The van der Waals surface area contributed by atoms with Gasteiger partial charge in [-0.1, -0.05) is 23.7 Å². The second-order valence-electron chi connectivity index (χ2n) is 6.45. The minimum Gasteiger partial charge on any atom is -0.351 e. The van der Waals surface area contributed by atoms with Crippen LogP contribution >= 0.6 is 11.6 Å². The minimum absolute atomic E-state index is 0.0400. The maximum absolute atomic E-state index is 13.8. The number of hydrogen-bond acceptors (Lipinski definition) is 2. The first-order valence-corrected chi connectivity index (χ1v) is 7.66. The molecule has 0 saturated carbocycles. The predicted molar refractivity (Wildman–Crippen MR) is 82.7 cm³/mol. The molecule has 3 nitrogen and oxygen atoms in total. The summed E-state index contributed by atoms with van der Waals surface area (Å²) in [5.74, 6) is -0.500. The van der Waals surface area contributed by atoms with E-state index >= 15 is 0 Å². The smallest absolute Gasteiger partial charge is 0.237 e. The Morgan fingerprint density at radius 3 is 2.86 bits per heavy atom. The third kappa shape index (κ3) is 3.74. The van der Waals surface area contributed by atoms with Gasteiger partial charge in [0.05, 0.1) is 11.1 Å². The molecule has 1 aromatic carbocycles. The van der Waals surface area contributed by atoms with Gasteiger partial charge >= 0.3 is 0 Å². The third-order valence-electron chi connectivity index (χ3n) is 3.90. The zero-order valence-corrected chi connectivity index (χ0v) is 13.5. The van der Waals surface area contributed by atoms with Gasteiger partial charge in [0.15, 0.2) is 0 Å². The van der Waals surface area contributed by atoms with Gasteiger partial charge in [-0.25, -0.2) is 4.39 Å². The molecule has 5 heteroatoms. The largest absolute Gasteiger partial charge is 0.351 e. The highest BCUT2D eigenvalue weighted by Gasteiger charge is 2.36. The molecular formula is C16H22ClFN2O. The van der Waals surface area contributed by atoms with E-state index in [1.165, 1.54) is 6.07 Å². The number of amides is 1. The van der Waals surface area contributed by atoms with Crippen molar-refractivity contribution >= 4 is 17.5 Å². The monoisotopic (exact) mass is 312 g/mol. The van der Waals surface area contributed by atoms with Crippen LogP contribution in [0, 0.1) is 5.82 Å². The third-order valence-corrected chi connectivity index (χ3v) is 4.19. The van der Waals surface area contributed by atoms with Gasteiger partial charge in [0.1, 0.15) is 5.82 Å². The lowest BCUT2D eigenvalue weighted by molar-refractivity contribution is -0.127. The van der Waals surface area contributed by atoms with E-state index in [1.54, 1.807) is 12.1 Å². The first-order chi connectivity index (χ1) is 9.80. The molecule has 1 aromatic rings. The lowest BCUT2D eigenvalue weighted by Gasteiger charge is -2.36. The van der Waals surface area contributed by atoms with Crippen LogP contribution in [-0.2, 0) is 11.3 Å². The minimum atomic E-state index is -0.460. The van der Waals surface area contributed by atoms with Crippen molar-refractivity contribution in [1.82, 2.24) is 10.2 Å². The molecule has 1 saturated heterocycles. The standard InChI is InChI=1S/C16H22ClFN2O/c1-16(2,3)20-9-5-8-13(20)15(21)19-10-11-6-4-7-12(17)14(11)18/h4,6-7,13H,5,8-10H2,1-3H3,(H,19,21)/t13-/m0/s1. The molecule has 2 rings (SSSR count). The van der Waals surface area contributed by atoms with Crippen molar-refractivity contribution in [2.45, 2.75) is 51.7 Å². The molecule has 0 aliphatic carbocycles. The Morgan fingerprint density at radius 1 is 1.48 bits per heavy atom. The Morgan fingerprint density at radius 2 is 2.19 bits per heavy atom. The van der Waals surface area contributed by atoms with Crippen LogP contribution in [0.1, 0.15) is 39.2 Å². The number of rotatable bonds is 3. The average molecular weight is 313 g/mol. The molecule has 1 aliphatic heterocycles. The fraction of sp³-hybridized carbons (Fsp3) is 0.562. The van der Waals surface area contributed by atoms with Crippen molar-refractivity contribution in [2.24, 2.45) is 0 Å². The first kappa shape index (κ1) is 16.2. The summed E-state index contributed by atoms with van der Waals surface area (Å²) in [6.07, 6.45) is 1.86. The van der Waals surface area contributed by atoms with Crippen molar-refractivity contribution in [2.75, 3.05) is 6.54 Å². The average Bonchev–Trinajstić information content (AvgIpc) is 2.89. The molecule has 1 atom stereocenters. The van der Waals surface area contributed by atoms with Crippen molar-refractivity contribution in [3.8, 4) is 0 Å². The van der Waals surface area contributed by atoms with Crippen LogP contribution in [0.15, 0.2) is 18.2 Å². The number of likely N-dealkylation sites (tertiary alicyclic amines) is 1. The number of carbonyl (C=O) groups is 1. The van der Waals surface area contributed by atoms with Crippen molar-refractivity contribution in [3.05, 3.63) is 34.6 Å². The maximum atomic E-state index is 13.8. The van der Waals surface area contributed by atoms with E-state index in [1.807, 2.05) is 0 Å². The van der Waals surface area contributed by atoms with Crippen molar-refractivity contribution in [1.29, 1.82) is 0 Å². The predicted octanol–water partition coefficient (Wildman–Crippen LogP) is 3.36. The number of halogens is 2. The Bertz CT molecular complexity index is 527. The fourth-order valence-electron chi connectivity index (χ4n) is 2.83. The van der Waals surface area contributed by atoms with Crippen LogP contribution in [-0.4, -0.2) is 28.9 Å². The Balaban J connectivity index is 2.00. The van der Waals surface area contributed by atoms with E-state index in [-0.39, 0.29) is 29.1 Å². The van der Waals surface area contributed by atoms with Gasteiger partial charge in [0.25, 0.3) is 0 Å². The Hall–Kier alpha value is -1.13. The lowest BCUT2D eigenvalue weighted by atomic mass is 10.0. The summed E-state index contributed by atoms with van der Waals surface area (Å²) < 4.78 is 13.8. The highest BCUT2D eigenvalue weighted by molar-refractivity contribution is 6.30. The fourth-order valence-corrected chi connectivity index (χ4v) is 3.02. The summed E-state index contributed by atoms with van der Waals surface area (Å²) in [4.78, 5) is 14.6. The molecule has 0 aromatic heterocycles. The Kier molecular flexibility index (Phi) is 4.89. The van der Waals surface area contributed by atoms with E-state index in [0.29, 0.717) is 5.56 Å². The molecule has 1 aliphatic rings. The molecule has 0 unspecified atom stereocenters. The SMILES string of the molecule is CC(C)(C)N1CCC[C@H]1C(=O)NCc1cccc(Cl)c1F. The molecule has 1 amide bonds. The number of nitrogens with zero attached hydrogens (tertiary/aromatic N) is 1. The molecule has 1 fully saturated rings. The highest BCUT2D eigenvalue weighted by atomic mass is 35.5.